The topological polar surface area (TPSA) is 99.3 Å². The van der Waals surface area contributed by atoms with Crippen molar-refractivity contribution in [3.05, 3.63) is 89.1 Å². The number of ether oxygens (including phenoxy) is 1. The zero-order valence-electron chi connectivity index (χ0n) is 15.2. The summed E-state index contributed by atoms with van der Waals surface area (Å²) in [7, 11) is 0. The number of fused-ring (bicyclic) bond motifs is 1. The highest BCUT2D eigenvalue weighted by molar-refractivity contribution is 5.92. The Morgan fingerprint density at radius 3 is 2.62 bits per heavy atom. The van der Waals surface area contributed by atoms with Crippen LogP contribution in [0.25, 0.3) is 10.9 Å². The van der Waals surface area contributed by atoms with Crippen LogP contribution in [0.4, 0.5) is 11.4 Å². The highest BCUT2D eigenvalue weighted by Gasteiger charge is 2.12. The molecule has 0 unspecified atom stereocenters. The molecule has 0 aliphatic rings. The van der Waals surface area contributed by atoms with Gasteiger partial charge in [0.25, 0.3) is 5.69 Å². The van der Waals surface area contributed by atoms with Gasteiger partial charge in [0.1, 0.15) is 18.0 Å². The Bertz CT molecular complexity index is 1190. The number of nitro groups is 1. The SMILES string of the molecule is O=C(Cn1ncc2ccc([N+](=O)[O-])cc21)Nc1cccc(Oc2ccccc2)c1. The van der Waals surface area contributed by atoms with Crippen molar-refractivity contribution in [3.63, 3.8) is 0 Å². The molecule has 4 rings (SSSR count). The standard InChI is InChI=1S/C21H16N4O4/c26-21(14-24-20-12-17(25(27)28)10-9-15(20)13-22-24)23-16-5-4-8-19(11-16)29-18-6-2-1-3-7-18/h1-13H,14H2,(H,23,26). The fraction of sp³-hybridized carbons (Fsp3) is 0.0476. The number of anilines is 1. The van der Waals surface area contributed by atoms with Crippen LogP contribution in [0.15, 0.2) is 79.0 Å². The lowest BCUT2D eigenvalue weighted by atomic mass is 10.2. The van der Waals surface area contributed by atoms with Crippen LogP contribution in [0.2, 0.25) is 0 Å². The van der Waals surface area contributed by atoms with Crippen LogP contribution < -0.4 is 10.1 Å². The second-order valence-corrected chi connectivity index (χ2v) is 6.29. The minimum atomic E-state index is -0.477. The molecule has 0 bridgehead atoms. The van der Waals surface area contributed by atoms with E-state index in [1.54, 1.807) is 36.5 Å². The fourth-order valence-electron chi connectivity index (χ4n) is 2.90. The van der Waals surface area contributed by atoms with E-state index in [4.69, 9.17) is 4.74 Å². The molecule has 0 fully saturated rings. The first kappa shape index (κ1) is 18.2. The van der Waals surface area contributed by atoms with Crippen molar-refractivity contribution in [2.75, 3.05) is 5.32 Å². The summed E-state index contributed by atoms with van der Waals surface area (Å²) in [6, 6.07) is 20.8. The molecule has 0 radical (unpaired) electrons. The molecule has 0 aliphatic carbocycles. The Morgan fingerprint density at radius 1 is 1.03 bits per heavy atom. The summed E-state index contributed by atoms with van der Waals surface area (Å²) >= 11 is 0. The van der Waals surface area contributed by atoms with Crippen LogP contribution in [0.3, 0.4) is 0 Å². The number of carbonyl (C=O) groups is 1. The average Bonchev–Trinajstić information content (AvgIpc) is 3.11. The molecule has 144 valence electrons. The van der Waals surface area contributed by atoms with Gasteiger partial charge in [0.2, 0.25) is 5.91 Å². The molecule has 0 atom stereocenters. The third kappa shape index (κ3) is 4.22. The van der Waals surface area contributed by atoms with Gasteiger partial charge in [-0.2, -0.15) is 5.10 Å². The van der Waals surface area contributed by atoms with Crippen molar-refractivity contribution in [2.45, 2.75) is 6.54 Å². The van der Waals surface area contributed by atoms with E-state index in [2.05, 4.69) is 10.4 Å². The van der Waals surface area contributed by atoms with Crippen molar-refractivity contribution in [1.29, 1.82) is 0 Å². The maximum atomic E-state index is 12.5. The van der Waals surface area contributed by atoms with E-state index in [9.17, 15) is 14.9 Å². The van der Waals surface area contributed by atoms with Crippen LogP contribution in [0, 0.1) is 10.1 Å². The largest absolute Gasteiger partial charge is 0.457 e. The predicted molar refractivity (Wildman–Crippen MR) is 108 cm³/mol. The summed E-state index contributed by atoms with van der Waals surface area (Å²) in [4.78, 5) is 23.0. The lowest BCUT2D eigenvalue weighted by molar-refractivity contribution is -0.384. The van der Waals surface area contributed by atoms with Gasteiger partial charge in [0, 0.05) is 29.3 Å². The Labute approximate surface area is 165 Å². The quantitative estimate of drug-likeness (QED) is 0.390. The molecule has 4 aromatic rings. The van der Waals surface area contributed by atoms with E-state index in [1.807, 2.05) is 30.3 Å². The molecule has 1 N–H and O–H groups in total. The number of carbonyl (C=O) groups excluding carboxylic acids is 1. The van der Waals surface area contributed by atoms with Crippen LogP contribution in [0.1, 0.15) is 0 Å². The highest BCUT2D eigenvalue weighted by atomic mass is 16.6. The summed E-state index contributed by atoms with van der Waals surface area (Å²) in [5, 5.41) is 18.7. The third-order valence-corrected chi connectivity index (χ3v) is 4.23. The summed E-state index contributed by atoms with van der Waals surface area (Å²) in [6.07, 6.45) is 1.57. The first-order valence-corrected chi connectivity index (χ1v) is 8.81. The molecular weight excluding hydrogens is 372 g/mol. The summed E-state index contributed by atoms with van der Waals surface area (Å²) in [6.45, 7) is -0.0750. The Balaban J connectivity index is 1.47. The molecule has 8 nitrogen and oxygen atoms in total. The number of benzene rings is 3. The number of hydrogen-bond acceptors (Lipinski definition) is 5. The molecule has 0 saturated carbocycles. The van der Waals surface area contributed by atoms with Gasteiger partial charge in [-0.25, -0.2) is 0 Å². The zero-order valence-corrected chi connectivity index (χ0v) is 15.2. The third-order valence-electron chi connectivity index (χ3n) is 4.23. The smallest absolute Gasteiger partial charge is 0.271 e. The molecule has 29 heavy (non-hydrogen) atoms. The van der Waals surface area contributed by atoms with Crippen molar-refractivity contribution in [3.8, 4) is 11.5 Å². The maximum absolute atomic E-state index is 12.5. The minimum absolute atomic E-state index is 0.0505. The van der Waals surface area contributed by atoms with Gasteiger partial charge in [0.15, 0.2) is 0 Å². The fourth-order valence-corrected chi connectivity index (χ4v) is 2.90. The molecule has 0 aliphatic heterocycles. The average molecular weight is 388 g/mol. The van der Waals surface area contributed by atoms with E-state index >= 15 is 0 Å². The molecule has 1 heterocycles. The van der Waals surface area contributed by atoms with Crippen LogP contribution in [-0.2, 0) is 11.3 Å². The number of hydrogen-bond donors (Lipinski definition) is 1. The van der Waals surface area contributed by atoms with Crippen LogP contribution in [0.5, 0.6) is 11.5 Å². The number of rotatable bonds is 6. The van der Waals surface area contributed by atoms with Gasteiger partial charge < -0.3 is 10.1 Å². The van der Waals surface area contributed by atoms with E-state index in [0.717, 1.165) is 5.39 Å². The van der Waals surface area contributed by atoms with E-state index in [1.165, 1.54) is 16.8 Å². The maximum Gasteiger partial charge on any atom is 0.271 e. The van der Waals surface area contributed by atoms with Gasteiger partial charge in [-0.3, -0.25) is 19.6 Å². The number of aromatic nitrogens is 2. The number of nitrogens with zero attached hydrogens (tertiary/aromatic N) is 3. The summed E-state index contributed by atoms with van der Waals surface area (Å²) < 4.78 is 7.20. The van der Waals surface area contributed by atoms with E-state index < -0.39 is 4.92 Å². The number of amides is 1. The lowest BCUT2D eigenvalue weighted by Gasteiger charge is -2.09. The number of para-hydroxylation sites is 1. The first-order valence-electron chi connectivity index (χ1n) is 8.81. The monoisotopic (exact) mass is 388 g/mol. The van der Waals surface area contributed by atoms with Gasteiger partial charge in [-0.15, -0.1) is 0 Å². The number of nitro benzene ring substituents is 1. The molecule has 3 aromatic carbocycles. The van der Waals surface area contributed by atoms with Crippen molar-refractivity contribution >= 4 is 28.2 Å². The minimum Gasteiger partial charge on any atom is -0.457 e. The lowest BCUT2D eigenvalue weighted by Crippen LogP contribution is -2.19. The van der Waals surface area contributed by atoms with E-state index in [0.29, 0.717) is 22.7 Å². The molecule has 8 heteroatoms. The predicted octanol–water partition coefficient (Wildman–Crippen LogP) is 4.38. The molecule has 0 spiro atoms. The van der Waals surface area contributed by atoms with Gasteiger partial charge in [-0.1, -0.05) is 24.3 Å². The van der Waals surface area contributed by atoms with Crippen molar-refractivity contribution in [2.24, 2.45) is 0 Å². The summed E-state index contributed by atoms with van der Waals surface area (Å²) in [5.74, 6) is 0.980. The first-order chi connectivity index (χ1) is 14.1. The molecule has 1 aromatic heterocycles. The molecule has 1 amide bonds. The van der Waals surface area contributed by atoms with Crippen LogP contribution >= 0.6 is 0 Å². The van der Waals surface area contributed by atoms with E-state index in [-0.39, 0.29) is 18.1 Å². The normalized spacial score (nSPS) is 10.6. The number of non-ortho nitro benzene ring substituents is 1. The van der Waals surface area contributed by atoms with Gasteiger partial charge >= 0.3 is 0 Å². The van der Waals surface area contributed by atoms with Gasteiger partial charge in [-0.05, 0) is 30.3 Å². The molecule has 0 saturated heterocycles. The number of nitrogens with one attached hydrogen (secondary N) is 1. The Hall–Kier alpha value is -4.20. The second-order valence-electron chi connectivity index (χ2n) is 6.29. The summed E-state index contributed by atoms with van der Waals surface area (Å²) in [5.41, 5.74) is 1.05. The Kier molecular flexibility index (Phi) is 4.90. The van der Waals surface area contributed by atoms with Gasteiger partial charge in [0.05, 0.1) is 16.6 Å². The highest BCUT2D eigenvalue weighted by Crippen LogP contribution is 2.24. The molecular formula is C21H16N4O4. The Morgan fingerprint density at radius 2 is 1.83 bits per heavy atom. The van der Waals surface area contributed by atoms with Crippen molar-refractivity contribution in [1.82, 2.24) is 9.78 Å². The van der Waals surface area contributed by atoms with Crippen LogP contribution in [-0.4, -0.2) is 20.6 Å². The zero-order chi connectivity index (χ0) is 20.2. The van der Waals surface area contributed by atoms with Crippen molar-refractivity contribution < 1.29 is 14.5 Å². The second kappa shape index (κ2) is 7.81.